The number of hydrogen-bond acceptors (Lipinski definition) is 8. The molecule has 2 aromatic heterocycles. The van der Waals surface area contributed by atoms with Crippen LogP contribution in [-0.2, 0) is 11.2 Å². The van der Waals surface area contributed by atoms with Crippen LogP contribution in [-0.4, -0.2) is 82.6 Å². The number of rotatable bonds is 7. The van der Waals surface area contributed by atoms with E-state index in [1.165, 1.54) is 16.0 Å². The van der Waals surface area contributed by atoms with Crippen molar-refractivity contribution in [1.82, 2.24) is 24.8 Å². The zero-order valence-electron chi connectivity index (χ0n) is 24.1. The van der Waals surface area contributed by atoms with Gasteiger partial charge in [-0.15, -0.1) is 0 Å². The lowest BCUT2D eigenvalue weighted by atomic mass is 9.96. The number of halogens is 2. The highest BCUT2D eigenvalue weighted by Crippen LogP contribution is 2.58. The molecule has 0 radical (unpaired) electrons. The Kier molecular flexibility index (Phi) is 6.96. The minimum Gasteiger partial charge on any atom is -0.462 e. The van der Waals surface area contributed by atoms with Crippen LogP contribution in [0.25, 0.3) is 22.2 Å². The number of amides is 1. The second-order valence-corrected chi connectivity index (χ2v) is 12.2. The number of carbonyl (C=O) groups is 1. The Balaban J connectivity index is 1.29. The number of aromatic nitrogens is 3. The van der Waals surface area contributed by atoms with E-state index in [4.69, 9.17) is 9.72 Å². The van der Waals surface area contributed by atoms with Crippen LogP contribution in [0.2, 0.25) is 0 Å². The number of ether oxygens (including phenoxy) is 1. The van der Waals surface area contributed by atoms with Crippen molar-refractivity contribution in [2.45, 2.75) is 50.1 Å². The molecular weight excluding hydrogens is 552 g/mol. The van der Waals surface area contributed by atoms with Crippen molar-refractivity contribution in [3.8, 4) is 23.3 Å². The van der Waals surface area contributed by atoms with Gasteiger partial charge in [0.1, 0.15) is 23.6 Å². The molecule has 2 unspecified atom stereocenters. The minimum absolute atomic E-state index is 0.00601. The van der Waals surface area contributed by atoms with E-state index in [2.05, 4.69) is 40.6 Å². The maximum Gasteiger partial charge on any atom is 0.319 e. The molecule has 2 aliphatic carbocycles. The molecule has 4 heterocycles. The summed E-state index contributed by atoms with van der Waals surface area (Å²) in [6.45, 7) is 5.13. The number of benzene rings is 1. The summed E-state index contributed by atoms with van der Waals surface area (Å²) in [6, 6.07) is 7.79. The predicted octanol–water partition coefficient (Wildman–Crippen LogP) is 4.38. The van der Waals surface area contributed by atoms with Gasteiger partial charge < -0.3 is 19.4 Å². The van der Waals surface area contributed by atoms with E-state index in [0.717, 1.165) is 37.8 Å². The average Bonchev–Trinajstić information content (AvgIpc) is 3.48. The van der Waals surface area contributed by atoms with Crippen molar-refractivity contribution in [2.24, 2.45) is 5.92 Å². The first-order valence-electron chi connectivity index (χ1n) is 14.9. The highest BCUT2D eigenvalue weighted by Gasteiger charge is 2.46. The topological polar surface area (TPSA) is 98.5 Å². The molecule has 2 aliphatic heterocycles. The van der Waals surface area contributed by atoms with Crippen molar-refractivity contribution >= 4 is 22.6 Å². The maximum atomic E-state index is 16.6. The van der Waals surface area contributed by atoms with E-state index < -0.39 is 23.6 Å². The van der Waals surface area contributed by atoms with Crippen LogP contribution < -0.4 is 9.64 Å². The molecule has 0 spiro atoms. The molecule has 1 aromatic carbocycles. The Hall–Kier alpha value is -4.17. The Morgan fingerprint density at radius 3 is 2.86 bits per heavy atom. The third-order valence-electron chi connectivity index (χ3n) is 9.55. The fraction of sp³-hybridized carbons (Fsp3) is 0.469. The van der Waals surface area contributed by atoms with Gasteiger partial charge in [0.25, 0.3) is 5.91 Å². The second kappa shape index (κ2) is 10.8. The summed E-state index contributed by atoms with van der Waals surface area (Å²) in [5.74, 6) is -0.917. The Morgan fingerprint density at radius 2 is 2.09 bits per heavy atom. The highest BCUT2D eigenvalue weighted by molar-refractivity contribution is 5.93. The van der Waals surface area contributed by atoms with Gasteiger partial charge in [-0.1, -0.05) is 24.8 Å². The van der Waals surface area contributed by atoms with Crippen molar-refractivity contribution in [1.29, 1.82) is 5.26 Å². The first-order valence-corrected chi connectivity index (χ1v) is 14.9. The third-order valence-corrected chi connectivity index (χ3v) is 9.55. The summed E-state index contributed by atoms with van der Waals surface area (Å²) in [7, 11) is 2.05. The first kappa shape index (κ1) is 27.7. The van der Waals surface area contributed by atoms with Crippen LogP contribution in [0.15, 0.2) is 36.8 Å². The lowest BCUT2D eigenvalue weighted by Crippen LogP contribution is -2.55. The van der Waals surface area contributed by atoms with E-state index in [1.54, 1.807) is 6.20 Å². The predicted molar refractivity (Wildman–Crippen MR) is 157 cm³/mol. The highest BCUT2D eigenvalue weighted by atomic mass is 19.1. The summed E-state index contributed by atoms with van der Waals surface area (Å²) < 4.78 is 36.4. The van der Waals surface area contributed by atoms with E-state index in [1.807, 2.05) is 17.0 Å². The Labute approximate surface area is 248 Å². The number of likely N-dealkylation sites (tertiary alicyclic amines) is 1. The van der Waals surface area contributed by atoms with E-state index in [0.29, 0.717) is 29.6 Å². The normalized spacial score (nSPS) is 24.5. The van der Waals surface area contributed by atoms with Crippen LogP contribution in [0.3, 0.4) is 0 Å². The number of carbonyl (C=O) groups excluding carboxylic acids is 1. The van der Waals surface area contributed by atoms with Crippen molar-refractivity contribution in [3.05, 3.63) is 53.7 Å². The minimum atomic E-state index is -1.07. The molecule has 2 saturated heterocycles. The second-order valence-electron chi connectivity index (χ2n) is 12.2. The Bertz CT molecular complexity index is 1670. The van der Waals surface area contributed by atoms with E-state index in [-0.39, 0.29) is 49.3 Å². The average molecular weight is 586 g/mol. The molecule has 43 heavy (non-hydrogen) atoms. The molecule has 0 bridgehead atoms. The number of nitrogens with zero attached hydrogens (tertiary/aromatic N) is 7. The van der Waals surface area contributed by atoms with Crippen LogP contribution in [0, 0.1) is 23.1 Å². The number of nitriles is 1. The van der Waals surface area contributed by atoms with Gasteiger partial charge in [0.15, 0.2) is 11.6 Å². The van der Waals surface area contributed by atoms with Gasteiger partial charge in [-0.05, 0) is 62.2 Å². The molecule has 11 heteroatoms. The number of fused-ring (bicyclic) bond motifs is 4. The lowest BCUT2D eigenvalue weighted by molar-refractivity contribution is -0.131. The molecule has 4 atom stereocenters. The van der Waals surface area contributed by atoms with Crippen molar-refractivity contribution in [3.63, 3.8) is 0 Å². The zero-order valence-corrected chi connectivity index (χ0v) is 24.1. The van der Waals surface area contributed by atoms with Gasteiger partial charge in [-0.3, -0.25) is 9.78 Å². The number of anilines is 1. The van der Waals surface area contributed by atoms with Gasteiger partial charge in [0, 0.05) is 37.4 Å². The first-order chi connectivity index (χ1) is 20.8. The fourth-order valence-corrected chi connectivity index (χ4v) is 7.17. The van der Waals surface area contributed by atoms with Crippen molar-refractivity contribution in [2.75, 3.05) is 44.7 Å². The smallest absolute Gasteiger partial charge is 0.319 e. The summed E-state index contributed by atoms with van der Waals surface area (Å²) in [4.78, 5) is 31.8. The fourth-order valence-electron chi connectivity index (χ4n) is 7.17. The lowest BCUT2D eigenvalue weighted by Gasteiger charge is -2.41. The van der Waals surface area contributed by atoms with Crippen LogP contribution in [0.4, 0.5) is 14.6 Å². The van der Waals surface area contributed by atoms with Crippen molar-refractivity contribution < 1.29 is 18.3 Å². The maximum absolute atomic E-state index is 16.6. The van der Waals surface area contributed by atoms with Gasteiger partial charge >= 0.3 is 6.01 Å². The van der Waals surface area contributed by atoms with Gasteiger partial charge in [0.05, 0.1) is 23.9 Å². The molecule has 1 saturated carbocycles. The number of piperazine rings is 1. The number of pyridine rings is 1. The Morgan fingerprint density at radius 1 is 1.23 bits per heavy atom. The zero-order chi connectivity index (χ0) is 29.8. The summed E-state index contributed by atoms with van der Waals surface area (Å²) in [5, 5.41) is 9.87. The van der Waals surface area contributed by atoms with Crippen LogP contribution in [0.1, 0.15) is 42.7 Å². The standard InChI is InChI=1S/C32H33F2N7O2/c1-18(33)31(42)41-12-11-40(16-21(41)8-9-35)30-25-15-36-28(23-7-3-5-19-13-20-14-24(20)26(19)23)27(34)29(25)37-32(38-30)43-17-22-6-4-10-39(22)2/h3,5,7,15,20-22,24H,1,4,6,8,10-14,16-17H2,2H3/t20-,21?,22?,24+/m1/s1. The molecule has 0 N–H and O–H groups in total. The molecule has 4 aliphatic rings. The molecule has 9 nitrogen and oxygen atoms in total. The molecule has 7 rings (SSSR count). The summed E-state index contributed by atoms with van der Waals surface area (Å²) >= 11 is 0. The van der Waals surface area contributed by atoms with Gasteiger partial charge in [-0.2, -0.15) is 15.2 Å². The van der Waals surface area contributed by atoms with Crippen LogP contribution >= 0.6 is 0 Å². The van der Waals surface area contributed by atoms with Gasteiger partial charge in [0.2, 0.25) is 0 Å². The molecular formula is C32H33F2N7O2. The largest absolute Gasteiger partial charge is 0.462 e. The quantitative estimate of drug-likeness (QED) is 0.377. The third kappa shape index (κ3) is 4.87. The molecule has 3 fully saturated rings. The van der Waals surface area contributed by atoms with E-state index in [9.17, 15) is 14.4 Å². The molecule has 1 amide bonds. The monoisotopic (exact) mass is 585 g/mol. The molecule has 3 aromatic rings. The number of likely N-dealkylation sites (N-methyl/N-ethyl adjacent to an activating group) is 1. The SMILES string of the molecule is C=C(F)C(=O)N1CCN(c2nc(OCC3CCCN3C)nc3c(F)c(-c4cccc5c4[C@H]4C[C@H]4C5)ncc23)CC1CC#N. The summed E-state index contributed by atoms with van der Waals surface area (Å²) in [6.07, 6.45) is 5.83. The number of hydrogen-bond donors (Lipinski definition) is 0. The summed E-state index contributed by atoms with van der Waals surface area (Å²) in [5.41, 5.74) is 3.65. The molecule has 222 valence electrons. The van der Waals surface area contributed by atoms with Gasteiger partial charge in [-0.25, -0.2) is 8.78 Å². The van der Waals surface area contributed by atoms with Crippen LogP contribution in [0.5, 0.6) is 6.01 Å². The van der Waals surface area contributed by atoms with E-state index >= 15 is 4.39 Å².